The summed E-state index contributed by atoms with van der Waals surface area (Å²) in [6.07, 6.45) is 9.75. The van der Waals surface area contributed by atoms with Gasteiger partial charge in [0.1, 0.15) is 0 Å². The van der Waals surface area contributed by atoms with Crippen molar-refractivity contribution >= 4 is 23.4 Å². The molecule has 1 fully saturated rings. The van der Waals surface area contributed by atoms with Crippen LogP contribution in [0.2, 0.25) is 0 Å². The van der Waals surface area contributed by atoms with Crippen molar-refractivity contribution in [3.63, 3.8) is 0 Å². The van der Waals surface area contributed by atoms with E-state index in [-0.39, 0.29) is 0 Å². The highest BCUT2D eigenvalue weighted by Gasteiger charge is 2.28. The maximum absolute atomic E-state index is 6.16. The highest BCUT2D eigenvalue weighted by molar-refractivity contribution is 6.32. The lowest BCUT2D eigenvalue weighted by molar-refractivity contribution is 0.392. The molecule has 1 saturated carbocycles. The van der Waals surface area contributed by atoms with E-state index >= 15 is 0 Å². The number of nitrogens with zero attached hydrogens (tertiary/aromatic N) is 2. The Kier molecular flexibility index (Phi) is 2.17. The number of hydrogen-bond acceptors (Lipinski definition) is 2. The molecule has 2 nitrogen and oxygen atoms in total. The molecule has 1 aliphatic heterocycles. The quantitative estimate of drug-likeness (QED) is 0.723. The topological polar surface area (TPSA) is 16.1 Å². The summed E-state index contributed by atoms with van der Waals surface area (Å²) in [6.45, 7) is 0.852. The molecule has 0 spiro atoms. The zero-order valence-electron chi connectivity index (χ0n) is 8.49. The van der Waals surface area contributed by atoms with Gasteiger partial charge in [0.05, 0.1) is 18.4 Å². The first-order chi connectivity index (χ1) is 7.34. The van der Waals surface area contributed by atoms with E-state index in [2.05, 4.69) is 9.88 Å². The number of pyridine rings is 1. The Morgan fingerprint density at radius 3 is 3.00 bits per heavy atom. The van der Waals surface area contributed by atoms with Crippen LogP contribution in [0.15, 0.2) is 23.5 Å². The second-order valence-corrected chi connectivity index (χ2v) is 4.72. The first kappa shape index (κ1) is 9.22. The van der Waals surface area contributed by atoms with Gasteiger partial charge in [0.2, 0.25) is 0 Å². The van der Waals surface area contributed by atoms with Crippen LogP contribution in [-0.4, -0.2) is 17.6 Å². The molecule has 3 rings (SSSR count). The van der Waals surface area contributed by atoms with Gasteiger partial charge in [0.25, 0.3) is 0 Å². The van der Waals surface area contributed by atoms with E-state index in [0.717, 1.165) is 11.6 Å². The fourth-order valence-electron chi connectivity index (χ4n) is 2.25. The minimum Gasteiger partial charge on any atom is -0.362 e. The van der Waals surface area contributed by atoms with Gasteiger partial charge in [-0.2, -0.15) is 0 Å². The third-order valence-corrected chi connectivity index (χ3v) is 3.52. The van der Waals surface area contributed by atoms with Gasteiger partial charge in [-0.15, -0.1) is 0 Å². The molecule has 15 heavy (non-hydrogen) atoms. The summed E-state index contributed by atoms with van der Waals surface area (Å²) in [5.74, 6) is 0. The molecule has 2 heterocycles. The normalized spacial score (nSPS) is 20.6. The third-order valence-electron chi connectivity index (χ3n) is 3.29. The van der Waals surface area contributed by atoms with Crippen molar-refractivity contribution < 1.29 is 0 Å². The van der Waals surface area contributed by atoms with Crippen molar-refractivity contribution in [2.75, 3.05) is 11.4 Å². The zero-order chi connectivity index (χ0) is 10.3. The smallest absolute Gasteiger partial charge is 0.0632 e. The minimum absolute atomic E-state index is 0.676. The Hall–Kier alpha value is -1.02. The van der Waals surface area contributed by atoms with Crippen molar-refractivity contribution in [1.82, 2.24) is 4.98 Å². The van der Waals surface area contributed by atoms with Crippen LogP contribution in [0.4, 0.5) is 5.69 Å². The Bertz CT molecular complexity index is 410. The van der Waals surface area contributed by atoms with Crippen LogP contribution in [0.25, 0.3) is 6.08 Å². The summed E-state index contributed by atoms with van der Waals surface area (Å²) in [7, 11) is 0. The maximum atomic E-state index is 6.16. The van der Waals surface area contributed by atoms with Crippen LogP contribution < -0.4 is 4.90 Å². The first-order valence-electron chi connectivity index (χ1n) is 5.41. The number of halogens is 1. The molecule has 78 valence electrons. The molecule has 0 atom stereocenters. The minimum atomic E-state index is 0.676. The molecule has 1 aliphatic carbocycles. The van der Waals surface area contributed by atoms with Crippen molar-refractivity contribution in [3.05, 3.63) is 29.1 Å². The lowest BCUT2D eigenvalue weighted by Crippen LogP contribution is -2.42. The van der Waals surface area contributed by atoms with Gasteiger partial charge in [-0.3, -0.25) is 4.98 Å². The van der Waals surface area contributed by atoms with Gasteiger partial charge in [-0.1, -0.05) is 11.6 Å². The molecule has 3 heteroatoms. The monoisotopic (exact) mass is 220 g/mol. The van der Waals surface area contributed by atoms with E-state index in [9.17, 15) is 0 Å². The van der Waals surface area contributed by atoms with E-state index in [4.69, 9.17) is 11.6 Å². The van der Waals surface area contributed by atoms with Crippen LogP contribution in [-0.2, 0) is 0 Å². The molecular formula is C12H13ClN2. The van der Waals surface area contributed by atoms with Gasteiger partial charge in [0, 0.05) is 22.8 Å². The molecule has 1 aromatic heterocycles. The second-order valence-electron chi connectivity index (χ2n) is 4.24. The predicted molar refractivity (Wildman–Crippen MR) is 63.1 cm³/mol. The number of aromatic nitrogens is 1. The van der Waals surface area contributed by atoms with Crippen LogP contribution in [0.5, 0.6) is 0 Å². The van der Waals surface area contributed by atoms with Gasteiger partial charge < -0.3 is 4.90 Å². The van der Waals surface area contributed by atoms with Crippen LogP contribution >= 0.6 is 11.6 Å². The zero-order valence-corrected chi connectivity index (χ0v) is 9.24. The van der Waals surface area contributed by atoms with Crippen LogP contribution in [0, 0.1) is 0 Å². The lowest BCUT2D eigenvalue weighted by Gasteiger charge is -2.41. The molecule has 0 N–H and O–H groups in total. The largest absolute Gasteiger partial charge is 0.362 e. The Balaban J connectivity index is 2.01. The highest BCUT2D eigenvalue weighted by atomic mass is 35.5. The molecule has 2 aliphatic rings. The van der Waals surface area contributed by atoms with E-state index in [0.29, 0.717) is 6.04 Å². The fraction of sp³-hybridized carbons (Fsp3) is 0.417. The summed E-state index contributed by atoms with van der Waals surface area (Å²) in [5, 5.41) is 0.931. The standard InChI is InChI=1S/C12H13ClN2/c13-10-6-9-4-5-14-7-12(9)15(8-10)11-2-1-3-11/h4-7,11H,1-3,8H2. The SMILES string of the molecule is ClC1=Cc2ccncc2N(C2CCC2)C1. The first-order valence-corrected chi connectivity index (χ1v) is 5.79. The Morgan fingerprint density at radius 2 is 2.27 bits per heavy atom. The van der Waals surface area contributed by atoms with Crippen molar-refractivity contribution in [3.8, 4) is 0 Å². The number of fused-ring (bicyclic) bond motifs is 1. The van der Waals surface area contributed by atoms with Gasteiger partial charge >= 0.3 is 0 Å². The highest BCUT2D eigenvalue weighted by Crippen LogP contribution is 2.36. The molecule has 0 bridgehead atoms. The predicted octanol–water partition coefficient (Wildman–Crippen LogP) is 3.03. The molecule has 0 amide bonds. The van der Waals surface area contributed by atoms with Gasteiger partial charge in [0.15, 0.2) is 0 Å². The second kappa shape index (κ2) is 3.53. The molecule has 0 saturated heterocycles. The van der Waals surface area contributed by atoms with Crippen LogP contribution in [0.3, 0.4) is 0 Å². The number of hydrogen-bond donors (Lipinski definition) is 0. The van der Waals surface area contributed by atoms with Gasteiger partial charge in [-0.25, -0.2) is 0 Å². The Morgan fingerprint density at radius 1 is 1.40 bits per heavy atom. The third kappa shape index (κ3) is 1.53. The van der Waals surface area contributed by atoms with Gasteiger partial charge in [-0.05, 0) is 31.4 Å². The molecular weight excluding hydrogens is 208 g/mol. The van der Waals surface area contributed by atoms with E-state index in [1.807, 2.05) is 24.5 Å². The summed E-state index contributed by atoms with van der Waals surface area (Å²) >= 11 is 6.16. The van der Waals surface area contributed by atoms with E-state index in [1.54, 1.807) is 0 Å². The van der Waals surface area contributed by atoms with Crippen molar-refractivity contribution in [2.24, 2.45) is 0 Å². The van der Waals surface area contributed by atoms with E-state index < -0.39 is 0 Å². The number of rotatable bonds is 1. The number of anilines is 1. The van der Waals surface area contributed by atoms with Crippen molar-refractivity contribution in [2.45, 2.75) is 25.3 Å². The Labute approximate surface area is 94.6 Å². The molecule has 0 aromatic carbocycles. The summed E-state index contributed by atoms with van der Waals surface area (Å²) < 4.78 is 0. The average Bonchev–Trinajstić information content (AvgIpc) is 2.14. The molecule has 0 unspecified atom stereocenters. The maximum Gasteiger partial charge on any atom is 0.0632 e. The average molecular weight is 221 g/mol. The molecule has 0 radical (unpaired) electrons. The summed E-state index contributed by atoms with van der Waals surface area (Å²) in [4.78, 5) is 6.60. The summed E-state index contributed by atoms with van der Waals surface area (Å²) in [5.41, 5.74) is 2.44. The summed E-state index contributed by atoms with van der Waals surface area (Å²) in [6, 6.07) is 2.71. The lowest BCUT2D eigenvalue weighted by atomic mass is 9.90. The van der Waals surface area contributed by atoms with E-state index in [1.165, 1.54) is 30.5 Å². The fourth-order valence-corrected chi connectivity index (χ4v) is 2.49. The van der Waals surface area contributed by atoms with Crippen molar-refractivity contribution in [1.29, 1.82) is 0 Å². The van der Waals surface area contributed by atoms with Crippen LogP contribution in [0.1, 0.15) is 24.8 Å². The molecule has 1 aromatic rings.